The van der Waals surface area contributed by atoms with Crippen molar-refractivity contribution < 1.29 is 9.59 Å². The molecule has 1 saturated heterocycles. The highest BCUT2D eigenvalue weighted by molar-refractivity contribution is 7.99. The lowest BCUT2D eigenvalue weighted by Crippen LogP contribution is -2.55. The standard InChI is InChI=1S/C28H34ClN5O2S/c1-3-4-15-26(36)33-18-17-32(20-21(33)2)25(35)16-10-19-37-28-31-30-27(23-13-8-9-14-24(23)29)34(28)22-11-6-5-7-12-22/h5-9,11-14,21H,3-4,10,15-20H2,1-2H3. The number of piperazine rings is 1. The fourth-order valence-electron chi connectivity index (χ4n) is 4.56. The van der Waals surface area contributed by atoms with Crippen LogP contribution in [-0.4, -0.2) is 67.8 Å². The van der Waals surface area contributed by atoms with Crippen LogP contribution < -0.4 is 0 Å². The monoisotopic (exact) mass is 539 g/mol. The molecule has 3 aromatic rings. The molecular weight excluding hydrogens is 506 g/mol. The summed E-state index contributed by atoms with van der Waals surface area (Å²) in [5.74, 6) is 1.78. The molecule has 2 heterocycles. The Hall–Kier alpha value is -2.84. The molecule has 2 aromatic carbocycles. The lowest BCUT2D eigenvalue weighted by atomic mass is 10.1. The molecule has 7 nitrogen and oxygen atoms in total. The number of thioether (sulfide) groups is 1. The Morgan fingerprint density at radius 3 is 2.43 bits per heavy atom. The van der Waals surface area contributed by atoms with E-state index >= 15 is 0 Å². The van der Waals surface area contributed by atoms with Gasteiger partial charge >= 0.3 is 0 Å². The van der Waals surface area contributed by atoms with Gasteiger partial charge in [0.1, 0.15) is 0 Å². The van der Waals surface area contributed by atoms with Crippen LogP contribution in [0.15, 0.2) is 59.8 Å². The van der Waals surface area contributed by atoms with Gasteiger partial charge in [-0.25, -0.2) is 0 Å². The summed E-state index contributed by atoms with van der Waals surface area (Å²) in [6, 6.07) is 17.7. The number of unbranched alkanes of at least 4 members (excludes halogenated alkanes) is 1. The maximum Gasteiger partial charge on any atom is 0.222 e. The van der Waals surface area contributed by atoms with Gasteiger partial charge in [-0.05, 0) is 44.0 Å². The van der Waals surface area contributed by atoms with Crippen LogP contribution in [0.25, 0.3) is 17.1 Å². The van der Waals surface area contributed by atoms with E-state index in [2.05, 4.69) is 17.1 Å². The minimum Gasteiger partial charge on any atom is -0.339 e. The Balaban J connectivity index is 1.35. The van der Waals surface area contributed by atoms with E-state index < -0.39 is 0 Å². The number of nitrogens with zero attached hydrogens (tertiary/aromatic N) is 5. The molecule has 1 atom stereocenters. The molecule has 0 radical (unpaired) electrons. The minimum absolute atomic E-state index is 0.0593. The highest BCUT2D eigenvalue weighted by Crippen LogP contribution is 2.32. The Kier molecular flexibility index (Phi) is 9.63. The molecule has 9 heteroatoms. The zero-order valence-corrected chi connectivity index (χ0v) is 23.0. The zero-order chi connectivity index (χ0) is 26.2. The first-order valence-electron chi connectivity index (χ1n) is 13.0. The molecule has 0 saturated carbocycles. The number of hydrogen-bond donors (Lipinski definition) is 0. The first-order valence-corrected chi connectivity index (χ1v) is 14.3. The van der Waals surface area contributed by atoms with Gasteiger partial charge in [-0.2, -0.15) is 0 Å². The number of benzene rings is 2. The van der Waals surface area contributed by atoms with Gasteiger partial charge in [0, 0.05) is 55.5 Å². The second-order valence-corrected chi connectivity index (χ2v) is 10.8. The third-order valence-corrected chi connectivity index (χ3v) is 7.92. The van der Waals surface area contributed by atoms with Gasteiger partial charge < -0.3 is 9.80 Å². The van der Waals surface area contributed by atoms with Crippen molar-refractivity contribution >= 4 is 35.2 Å². The van der Waals surface area contributed by atoms with Gasteiger partial charge in [-0.15, -0.1) is 10.2 Å². The van der Waals surface area contributed by atoms with Crippen LogP contribution in [0.4, 0.5) is 0 Å². The predicted octanol–water partition coefficient (Wildman–Crippen LogP) is 5.71. The van der Waals surface area contributed by atoms with E-state index in [1.165, 1.54) is 0 Å². The average Bonchev–Trinajstić information content (AvgIpc) is 3.33. The van der Waals surface area contributed by atoms with Gasteiger partial charge in [-0.1, -0.05) is 67.0 Å². The average molecular weight is 540 g/mol. The topological polar surface area (TPSA) is 71.3 Å². The van der Waals surface area contributed by atoms with Crippen molar-refractivity contribution in [1.29, 1.82) is 0 Å². The summed E-state index contributed by atoms with van der Waals surface area (Å²) in [6.07, 6.45) is 3.73. The molecule has 0 aliphatic carbocycles. The second-order valence-electron chi connectivity index (χ2n) is 9.29. The van der Waals surface area contributed by atoms with Crippen molar-refractivity contribution in [2.24, 2.45) is 0 Å². The summed E-state index contributed by atoms with van der Waals surface area (Å²) < 4.78 is 2.02. The molecule has 1 aliphatic rings. The number of halogens is 1. The van der Waals surface area contributed by atoms with Crippen molar-refractivity contribution in [3.63, 3.8) is 0 Å². The second kappa shape index (κ2) is 13.1. The number of aromatic nitrogens is 3. The highest BCUT2D eigenvalue weighted by Gasteiger charge is 2.29. The molecular formula is C28H34ClN5O2S. The third-order valence-electron chi connectivity index (χ3n) is 6.57. The molecule has 1 aliphatic heterocycles. The van der Waals surface area contributed by atoms with Crippen molar-refractivity contribution in [3.8, 4) is 17.1 Å². The molecule has 2 amide bonds. The fourth-order valence-corrected chi connectivity index (χ4v) is 5.67. The summed E-state index contributed by atoms with van der Waals surface area (Å²) in [5, 5.41) is 10.3. The molecule has 1 unspecified atom stereocenters. The van der Waals surface area contributed by atoms with Crippen molar-refractivity contribution in [1.82, 2.24) is 24.6 Å². The quantitative estimate of drug-likeness (QED) is 0.244. The van der Waals surface area contributed by atoms with Crippen LogP contribution in [0.2, 0.25) is 5.02 Å². The van der Waals surface area contributed by atoms with Crippen LogP contribution in [0.3, 0.4) is 0 Å². The van der Waals surface area contributed by atoms with Gasteiger partial charge in [-0.3, -0.25) is 14.2 Å². The van der Waals surface area contributed by atoms with E-state index in [1.54, 1.807) is 11.8 Å². The van der Waals surface area contributed by atoms with Crippen molar-refractivity contribution in [3.05, 3.63) is 59.6 Å². The number of rotatable bonds is 10. The first-order chi connectivity index (χ1) is 18.0. The van der Waals surface area contributed by atoms with Crippen molar-refractivity contribution in [2.45, 2.75) is 57.1 Å². The Labute approximate surface area is 228 Å². The van der Waals surface area contributed by atoms with Crippen molar-refractivity contribution in [2.75, 3.05) is 25.4 Å². The van der Waals surface area contributed by atoms with E-state index in [0.717, 1.165) is 41.4 Å². The van der Waals surface area contributed by atoms with E-state index in [9.17, 15) is 9.59 Å². The summed E-state index contributed by atoms with van der Waals surface area (Å²) in [6.45, 7) is 5.96. The number of hydrogen-bond acceptors (Lipinski definition) is 5. The molecule has 0 bridgehead atoms. The van der Waals surface area contributed by atoms with E-state index in [0.29, 0.717) is 43.3 Å². The zero-order valence-electron chi connectivity index (χ0n) is 21.5. The van der Waals surface area contributed by atoms with E-state index in [4.69, 9.17) is 11.6 Å². The molecule has 1 aromatic heterocycles. The Bertz CT molecular complexity index is 1200. The maximum atomic E-state index is 12.9. The molecule has 0 spiro atoms. The first kappa shape index (κ1) is 27.2. The van der Waals surface area contributed by atoms with Crippen LogP contribution in [0, 0.1) is 0 Å². The smallest absolute Gasteiger partial charge is 0.222 e. The Morgan fingerprint density at radius 1 is 0.973 bits per heavy atom. The maximum absolute atomic E-state index is 12.9. The molecule has 1 fully saturated rings. The molecule has 4 rings (SSSR count). The largest absolute Gasteiger partial charge is 0.339 e. The van der Waals surface area contributed by atoms with Crippen LogP contribution >= 0.6 is 23.4 Å². The van der Waals surface area contributed by atoms with Gasteiger partial charge in [0.05, 0.1) is 5.02 Å². The van der Waals surface area contributed by atoms with Crippen LogP contribution in [0.5, 0.6) is 0 Å². The lowest BCUT2D eigenvalue weighted by Gasteiger charge is -2.40. The predicted molar refractivity (Wildman–Crippen MR) is 149 cm³/mol. The lowest BCUT2D eigenvalue weighted by molar-refractivity contribution is -0.142. The van der Waals surface area contributed by atoms with Gasteiger partial charge in [0.2, 0.25) is 11.8 Å². The SMILES string of the molecule is CCCCC(=O)N1CCN(C(=O)CCCSc2nnc(-c3ccccc3Cl)n2-c2ccccc2)CC1C. The molecule has 37 heavy (non-hydrogen) atoms. The van der Waals surface area contributed by atoms with E-state index in [-0.39, 0.29) is 17.9 Å². The molecule has 0 N–H and O–H groups in total. The number of carbonyl (C=O) groups is 2. The summed E-state index contributed by atoms with van der Waals surface area (Å²) >= 11 is 8.06. The summed E-state index contributed by atoms with van der Waals surface area (Å²) in [7, 11) is 0. The van der Waals surface area contributed by atoms with Crippen LogP contribution in [-0.2, 0) is 9.59 Å². The Morgan fingerprint density at radius 2 is 1.70 bits per heavy atom. The van der Waals surface area contributed by atoms with E-state index in [1.807, 2.05) is 75.9 Å². The van der Waals surface area contributed by atoms with Crippen LogP contribution in [0.1, 0.15) is 46.0 Å². The normalized spacial score (nSPS) is 15.7. The van der Waals surface area contributed by atoms with Gasteiger partial charge in [0.15, 0.2) is 11.0 Å². The third kappa shape index (κ3) is 6.73. The fraction of sp³-hybridized carbons (Fsp3) is 0.429. The highest BCUT2D eigenvalue weighted by atomic mass is 35.5. The number of carbonyl (C=O) groups excluding carboxylic acids is 2. The van der Waals surface area contributed by atoms with Gasteiger partial charge in [0.25, 0.3) is 0 Å². The summed E-state index contributed by atoms with van der Waals surface area (Å²) in [5.41, 5.74) is 1.78. The summed E-state index contributed by atoms with van der Waals surface area (Å²) in [4.78, 5) is 29.2. The minimum atomic E-state index is 0.0593. The number of para-hydroxylation sites is 1. The molecule has 196 valence electrons. The number of amides is 2.